The number of fused-ring (bicyclic) bond motifs is 1. The van der Waals surface area contributed by atoms with E-state index in [0.717, 1.165) is 16.5 Å². The van der Waals surface area contributed by atoms with Gasteiger partial charge in [0.15, 0.2) is 0 Å². The lowest BCUT2D eigenvalue weighted by Crippen LogP contribution is -1.90. The Labute approximate surface area is 121 Å². The van der Waals surface area contributed by atoms with Crippen molar-refractivity contribution in [3.8, 4) is 17.0 Å². The number of nitrogens with zero attached hydrogens (tertiary/aromatic N) is 2. The third-order valence-corrected chi connectivity index (χ3v) is 3.30. The number of hydrogen-bond acceptors (Lipinski definition) is 4. The third-order valence-electron chi connectivity index (χ3n) is 3.30. The lowest BCUT2D eigenvalue weighted by atomic mass is 10.1. The molecular weight excluding hydrogens is 268 g/mol. The van der Waals surface area contributed by atoms with Gasteiger partial charge in [-0.15, -0.1) is 0 Å². The number of benzene rings is 2. The highest BCUT2D eigenvalue weighted by Crippen LogP contribution is 2.29. The fourth-order valence-electron chi connectivity index (χ4n) is 2.26. The summed E-state index contributed by atoms with van der Waals surface area (Å²) in [6.45, 7) is 0. The molecular formula is C16H12N2O3. The molecule has 0 spiro atoms. The van der Waals surface area contributed by atoms with Crippen molar-refractivity contribution in [3.63, 3.8) is 0 Å². The van der Waals surface area contributed by atoms with Gasteiger partial charge < -0.3 is 4.74 Å². The van der Waals surface area contributed by atoms with Crippen molar-refractivity contribution in [3.05, 3.63) is 64.8 Å². The van der Waals surface area contributed by atoms with Crippen molar-refractivity contribution in [1.82, 2.24) is 4.98 Å². The molecule has 3 aromatic rings. The summed E-state index contributed by atoms with van der Waals surface area (Å²) in [7, 11) is 1.61. The van der Waals surface area contributed by atoms with Crippen LogP contribution in [0.15, 0.2) is 54.7 Å². The van der Waals surface area contributed by atoms with Gasteiger partial charge in [0.1, 0.15) is 5.75 Å². The predicted octanol–water partition coefficient (Wildman–Crippen LogP) is 3.82. The standard InChI is InChI=1S/C16H12N2O3/c1-21-16-7-3-4-11-9-15(17-10-14(11)16)12-5-2-6-13(8-12)18(19)20/h2-10H,1H3. The fourth-order valence-corrected chi connectivity index (χ4v) is 2.26. The summed E-state index contributed by atoms with van der Waals surface area (Å²) in [4.78, 5) is 14.8. The molecule has 0 aliphatic rings. The summed E-state index contributed by atoms with van der Waals surface area (Å²) in [5.41, 5.74) is 1.47. The number of pyridine rings is 1. The van der Waals surface area contributed by atoms with E-state index in [1.807, 2.05) is 24.3 Å². The number of nitro benzene ring substituents is 1. The zero-order valence-corrected chi connectivity index (χ0v) is 11.3. The van der Waals surface area contributed by atoms with Gasteiger partial charge in [-0.25, -0.2) is 0 Å². The van der Waals surface area contributed by atoms with E-state index in [0.29, 0.717) is 11.3 Å². The molecule has 21 heavy (non-hydrogen) atoms. The van der Waals surface area contributed by atoms with Crippen LogP contribution in [0.4, 0.5) is 5.69 Å². The first-order valence-corrected chi connectivity index (χ1v) is 6.36. The van der Waals surface area contributed by atoms with E-state index >= 15 is 0 Å². The van der Waals surface area contributed by atoms with Crippen molar-refractivity contribution in [2.45, 2.75) is 0 Å². The second kappa shape index (κ2) is 5.20. The van der Waals surface area contributed by atoms with Gasteiger partial charge in [-0.2, -0.15) is 0 Å². The van der Waals surface area contributed by atoms with Crippen LogP contribution < -0.4 is 4.74 Å². The van der Waals surface area contributed by atoms with Crippen LogP contribution in [0.25, 0.3) is 22.0 Å². The van der Waals surface area contributed by atoms with Crippen molar-refractivity contribution < 1.29 is 9.66 Å². The number of ether oxygens (including phenoxy) is 1. The Kier molecular flexibility index (Phi) is 3.23. The molecule has 5 heteroatoms. The van der Waals surface area contributed by atoms with Crippen molar-refractivity contribution in [2.75, 3.05) is 7.11 Å². The molecule has 3 rings (SSSR count). The van der Waals surface area contributed by atoms with Crippen LogP contribution in [-0.2, 0) is 0 Å². The van der Waals surface area contributed by atoms with Crippen LogP contribution in [0, 0.1) is 10.1 Å². The highest BCUT2D eigenvalue weighted by atomic mass is 16.6. The minimum atomic E-state index is -0.409. The van der Waals surface area contributed by atoms with Gasteiger partial charge in [0, 0.05) is 29.3 Å². The zero-order valence-electron chi connectivity index (χ0n) is 11.3. The molecule has 0 saturated heterocycles. The molecule has 0 unspecified atom stereocenters. The smallest absolute Gasteiger partial charge is 0.270 e. The van der Waals surface area contributed by atoms with E-state index in [1.165, 1.54) is 12.1 Å². The second-order valence-corrected chi connectivity index (χ2v) is 4.56. The van der Waals surface area contributed by atoms with E-state index < -0.39 is 4.92 Å². The topological polar surface area (TPSA) is 65.3 Å². The normalized spacial score (nSPS) is 10.5. The Balaban J connectivity index is 2.13. The first-order valence-electron chi connectivity index (χ1n) is 6.36. The van der Waals surface area contributed by atoms with Gasteiger partial charge in [0.25, 0.3) is 5.69 Å². The quantitative estimate of drug-likeness (QED) is 0.540. The predicted molar refractivity (Wildman–Crippen MR) is 80.4 cm³/mol. The Morgan fingerprint density at radius 2 is 1.95 bits per heavy atom. The molecule has 0 aliphatic heterocycles. The van der Waals surface area contributed by atoms with Crippen molar-refractivity contribution >= 4 is 16.5 Å². The Morgan fingerprint density at radius 3 is 2.71 bits per heavy atom. The highest BCUT2D eigenvalue weighted by molar-refractivity contribution is 5.90. The summed E-state index contributed by atoms with van der Waals surface area (Å²) < 4.78 is 5.29. The van der Waals surface area contributed by atoms with E-state index in [1.54, 1.807) is 25.4 Å². The van der Waals surface area contributed by atoms with Crippen LogP contribution >= 0.6 is 0 Å². The third kappa shape index (κ3) is 2.41. The average Bonchev–Trinajstić information content (AvgIpc) is 2.53. The minimum absolute atomic E-state index is 0.0556. The Morgan fingerprint density at radius 1 is 1.14 bits per heavy atom. The van der Waals surface area contributed by atoms with Crippen LogP contribution in [0.1, 0.15) is 0 Å². The molecule has 0 fully saturated rings. The molecule has 1 heterocycles. The monoisotopic (exact) mass is 280 g/mol. The Bertz CT molecular complexity index is 831. The van der Waals surface area contributed by atoms with Gasteiger partial charge >= 0.3 is 0 Å². The van der Waals surface area contributed by atoms with Crippen LogP contribution in [-0.4, -0.2) is 17.0 Å². The minimum Gasteiger partial charge on any atom is -0.496 e. The summed E-state index contributed by atoms with van der Waals surface area (Å²) in [6, 6.07) is 14.1. The second-order valence-electron chi connectivity index (χ2n) is 4.56. The van der Waals surface area contributed by atoms with Gasteiger partial charge in [0.2, 0.25) is 0 Å². The maximum atomic E-state index is 10.8. The van der Waals surface area contributed by atoms with E-state index in [9.17, 15) is 10.1 Å². The molecule has 2 aromatic carbocycles. The fraction of sp³-hybridized carbons (Fsp3) is 0.0625. The summed E-state index contributed by atoms with van der Waals surface area (Å²) in [6.07, 6.45) is 1.72. The van der Waals surface area contributed by atoms with Crippen LogP contribution in [0.5, 0.6) is 5.75 Å². The van der Waals surface area contributed by atoms with Crippen LogP contribution in [0.3, 0.4) is 0 Å². The number of non-ortho nitro benzene ring substituents is 1. The maximum absolute atomic E-state index is 10.8. The Hall–Kier alpha value is -2.95. The largest absolute Gasteiger partial charge is 0.496 e. The molecule has 0 radical (unpaired) electrons. The zero-order chi connectivity index (χ0) is 14.8. The number of hydrogen-bond donors (Lipinski definition) is 0. The lowest BCUT2D eigenvalue weighted by molar-refractivity contribution is -0.384. The molecule has 0 N–H and O–H groups in total. The molecule has 0 amide bonds. The summed E-state index contributed by atoms with van der Waals surface area (Å²) in [5, 5.41) is 12.7. The molecule has 0 atom stereocenters. The number of methoxy groups -OCH3 is 1. The van der Waals surface area contributed by atoms with Crippen molar-refractivity contribution in [2.24, 2.45) is 0 Å². The molecule has 104 valence electrons. The highest BCUT2D eigenvalue weighted by Gasteiger charge is 2.09. The van der Waals surface area contributed by atoms with E-state index in [-0.39, 0.29) is 5.69 Å². The maximum Gasteiger partial charge on any atom is 0.270 e. The first kappa shape index (κ1) is 13.1. The average molecular weight is 280 g/mol. The summed E-state index contributed by atoms with van der Waals surface area (Å²) in [5.74, 6) is 0.755. The number of rotatable bonds is 3. The molecule has 1 aromatic heterocycles. The van der Waals surface area contributed by atoms with E-state index in [2.05, 4.69) is 4.98 Å². The first-order chi connectivity index (χ1) is 10.2. The SMILES string of the molecule is COc1cccc2cc(-c3cccc([N+](=O)[O-])c3)ncc12. The van der Waals surface area contributed by atoms with Crippen molar-refractivity contribution in [1.29, 1.82) is 0 Å². The lowest BCUT2D eigenvalue weighted by Gasteiger charge is -2.07. The number of nitro groups is 1. The van der Waals surface area contributed by atoms with Crippen LogP contribution in [0.2, 0.25) is 0 Å². The van der Waals surface area contributed by atoms with Gasteiger partial charge in [-0.3, -0.25) is 15.1 Å². The molecule has 0 bridgehead atoms. The summed E-state index contributed by atoms with van der Waals surface area (Å²) >= 11 is 0. The van der Waals surface area contributed by atoms with Gasteiger partial charge in [-0.1, -0.05) is 24.3 Å². The molecule has 0 aliphatic carbocycles. The molecule has 5 nitrogen and oxygen atoms in total. The van der Waals surface area contributed by atoms with Gasteiger partial charge in [0.05, 0.1) is 17.7 Å². The van der Waals surface area contributed by atoms with Gasteiger partial charge in [-0.05, 0) is 17.5 Å². The molecule has 0 saturated carbocycles. The number of aromatic nitrogens is 1. The van der Waals surface area contributed by atoms with E-state index in [4.69, 9.17) is 4.74 Å².